The Hall–Kier alpha value is -5.28. The second kappa shape index (κ2) is 12.5. The van der Waals surface area contributed by atoms with E-state index in [-0.39, 0.29) is 23.9 Å². The van der Waals surface area contributed by atoms with Crippen molar-refractivity contribution < 1.29 is 18.7 Å². The zero-order valence-corrected chi connectivity index (χ0v) is 24.8. The molecular weight excluding hydrogens is 577 g/mol. The number of benzene rings is 4. The predicted molar refractivity (Wildman–Crippen MR) is 169 cm³/mol. The van der Waals surface area contributed by atoms with Crippen molar-refractivity contribution in [2.45, 2.75) is 19.6 Å². The standard InChI is InChI=1S/C35H28FN3O4S/c1-22-31(33(40)38-27-9-4-3-5-10-27)32(24-14-18-28(42-2)19-15-24)39-34(41)30(44-35(39)37-22)20-25-8-6-7-11-29(25)43-21-23-12-16-26(36)17-13-23/h3-20,32H,21H2,1-2H3,(H,38,40)/b30-20+/t32-/m1/s1. The molecule has 5 aromatic rings. The van der Waals surface area contributed by atoms with Crippen LogP contribution in [0.4, 0.5) is 10.1 Å². The highest BCUT2D eigenvalue weighted by atomic mass is 32.1. The second-order valence-corrected chi connectivity index (χ2v) is 11.1. The number of methoxy groups -OCH3 is 1. The van der Waals surface area contributed by atoms with Crippen LogP contribution in [0.15, 0.2) is 124 Å². The Morgan fingerprint density at radius 3 is 2.41 bits per heavy atom. The van der Waals surface area contributed by atoms with Crippen molar-refractivity contribution in [2.24, 2.45) is 4.99 Å². The van der Waals surface area contributed by atoms with Crippen LogP contribution in [-0.4, -0.2) is 17.6 Å². The molecule has 4 aromatic carbocycles. The molecule has 1 amide bonds. The molecule has 0 bridgehead atoms. The van der Waals surface area contributed by atoms with Gasteiger partial charge >= 0.3 is 0 Å². The molecule has 1 aliphatic heterocycles. The van der Waals surface area contributed by atoms with Crippen molar-refractivity contribution in [3.63, 3.8) is 0 Å². The Morgan fingerprint density at radius 2 is 1.68 bits per heavy atom. The number of carbonyl (C=O) groups is 1. The van der Waals surface area contributed by atoms with Gasteiger partial charge in [-0.05, 0) is 66.6 Å². The quantitative estimate of drug-likeness (QED) is 0.250. The highest BCUT2D eigenvalue weighted by molar-refractivity contribution is 7.07. The van der Waals surface area contributed by atoms with Crippen molar-refractivity contribution in [2.75, 3.05) is 12.4 Å². The monoisotopic (exact) mass is 605 g/mol. The summed E-state index contributed by atoms with van der Waals surface area (Å²) in [5.74, 6) is 0.586. The van der Waals surface area contributed by atoms with E-state index in [0.717, 1.165) is 11.1 Å². The summed E-state index contributed by atoms with van der Waals surface area (Å²) >= 11 is 1.25. The molecule has 44 heavy (non-hydrogen) atoms. The van der Waals surface area contributed by atoms with Gasteiger partial charge in [-0.15, -0.1) is 0 Å². The highest BCUT2D eigenvalue weighted by Crippen LogP contribution is 2.32. The number of halogens is 1. The molecule has 220 valence electrons. The molecule has 9 heteroatoms. The number of nitrogens with one attached hydrogen (secondary N) is 1. The number of anilines is 1. The number of para-hydroxylation sites is 2. The molecule has 0 radical (unpaired) electrons. The third kappa shape index (κ3) is 5.95. The summed E-state index contributed by atoms with van der Waals surface area (Å²) in [6.07, 6.45) is 1.78. The molecule has 0 saturated heterocycles. The third-order valence-electron chi connectivity index (χ3n) is 7.24. The number of thiazole rings is 1. The smallest absolute Gasteiger partial charge is 0.271 e. The van der Waals surface area contributed by atoms with Crippen LogP contribution in [0.5, 0.6) is 11.5 Å². The maximum atomic E-state index is 14.1. The van der Waals surface area contributed by atoms with Crippen LogP contribution in [0.25, 0.3) is 6.08 Å². The lowest BCUT2D eigenvalue weighted by atomic mass is 9.95. The molecule has 1 aromatic heterocycles. The van der Waals surface area contributed by atoms with Crippen molar-refractivity contribution in [3.8, 4) is 11.5 Å². The van der Waals surface area contributed by atoms with E-state index >= 15 is 0 Å². The number of rotatable bonds is 8. The maximum absolute atomic E-state index is 14.1. The van der Waals surface area contributed by atoms with E-state index in [1.54, 1.807) is 48.9 Å². The largest absolute Gasteiger partial charge is 0.497 e. The summed E-state index contributed by atoms with van der Waals surface area (Å²) in [7, 11) is 1.59. The molecule has 0 spiro atoms. The molecule has 2 heterocycles. The van der Waals surface area contributed by atoms with Crippen LogP contribution < -0.4 is 29.7 Å². The lowest BCUT2D eigenvalue weighted by molar-refractivity contribution is -0.113. The second-order valence-electron chi connectivity index (χ2n) is 10.1. The molecule has 1 atom stereocenters. The Labute approximate surface area is 256 Å². The summed E-state index contributed by atoms with van der Waals surface area (Å²) < 4.78 is 26.8. The van der Waals surface area contributed by atoms with Crippen molar-refractivity contribution in [3.05, 3.63) is 157 Å². The number of carbonyl (C=O) groups excluding carboxylic acids is 1. The highest BCUT2D eigenvalue weighted by Gasteiger charge is 2.32. The fraction of sp³-hybridized carbons (Fsp3) is 0.114. The fourth-order valence-corrected chi connectivity index (χ4v) is 6.08. The first kappa shape index (κ1) is 28.8. The van der Waals surface area contributed by atoms with E-state index in [0.29, 0.717) is 43.4 Å². The number of ether oxygens (including phenoxy) is 2. The summed E-state index contributed by atoms with van der Waals surface area (Å²) in [5, 5.41) is 2.96. The number of hydrogen-bond donors (Lipinski definition) is 1. The van der Waals surface area contributed by atoms with Crippen LogP contribution in [0.3, 0.4) is 0 Å². The fourth-order valence-electron chi connectivity index (χ4n) is 5.05. The minimum Gasteiger partial charge on any atom is -0.497 e. The summed E-state index contributed by atoms with van der Waals surface area (Å²) in [6, 6.07) is 29.3. The van der Waals surface area contributed by atoms with Gasteiger partial charge in [0, 0.05) is 11.3 Å². The predicted octanol–water partition coefficient (Wildman–Crippen LogP) is 5.60. The van der Waals surface area contributed by atoms with Gasteiger partial charge in [0.1, 0.15) is 23.9 Å². The Balaban J connectivity index is 1.42. The molecule has 0 aliphatic carbocycles. The van der Waals surface area contributed by atoms with Crippen LogP contribution in [0, 0.1) is 5.82 Å². The lowest BCUT2D eigenvalue weighted by Crippen LogP contribution is -2.40. The van der Waals surface area contributed by atoms with Gasteiger partial charge in [0.05, 0.1) is 29.0 Å². The van der Waals surface area contributed by atoms with E-state index < -0.39 is 6.04 Å². The minimum absolute atomic E-state index is 0.239. The topological polar surface area (TPSA) is 81.9 Å². The number of allylic oxidation sites excluding steroid dienone is 1. The van der Waals surface area contributed by atoms with Gasteiger partial charge in [0.25, 0.3) is 11.5 Å². The summed E-state index contributed by atoms with van der Waals surface area (Å²) in [6.45, 7) is 2.02. The molecule has 0 fully saturated rings. The molecule has 7 nitrogen and oxygen atoms in total. The maximum Gasteiger partial charge on any atom is 0.271 e. The first-order chi connectivity index (χ1) is 21.4. The summed E-state index contributed by atoms with van der Waals surface area (Å²) in [4.78, 5) is 33.1. The molecule has 0 unspecified atom stereocenters. The first-order valence-corrected chi connectivity index (χ1v) is 14.7. The average Bonchev–Trinajstić information content (AvgIpc) is 3.35. The molecule has 1 N–H and O–H groups in total. The van der Waals surface area contributed by atoms with Gasteiger partial charge in [-0.2, -0.15) is 0 Å². The van der Waals surface area contributed by atoms with Crippen LogP contribution in [-0.2, 0) is 11.4 Å². The number of hydrogen-bond acceptors (Lipinski definition) is 6. The molecule has 1 aliphatic rings. The Bertz CT molecular complexity index is 2030. The van der Waals surface area contributed by atoms with Gasteiger partial charge < -0.3 is 14.8 Å². The SMILES string of the molecule is COc1ccc([C@@H]2C(C(=O)Nc3ccccc3)=C(C)N=c3s/c(=C/c4ccccc4OCc4ccc(F)cc4)c(=O)n32)cc1. The van der Waals surface area contributed by atoms with Gasteiger partial charge in [0.2, 0.25) is 0 Å². The molecule has 6 rings (SSSR count). The average molecular weight is 606 g/mol. The van der Waals surface area contributed by atoms with Gasteiger partial charge in [-0.3, -0.25) is 14.2 Å². The van der Waals surface area contributed by atoms with Crippen molar-refractivity contribution >= 4 is 29.0 Å². The van der Waals surface area contributed by atoms with E-state index in [2.05, 4.69) is 5.32 Å². The van der Waals surface area contributed by atoms with Gasteiger partial charge in [0.15, 0.2) is 4.80 Å². The van der Waals surface area contributed by atoms with E-state index in [1.165, 1.54) is 23.5 Å². The lowest BCUT2D eigenvalue weighted by Gasteiger charge is -2.25. The Kier molecular flexibility index (Phi) is 8.21. The Morgan fingerprint density at radius 1 is 0.977 bits per heavy atom. The van der Waals surface area contributed by atoms with Crippen LogP contribution >= 0.6 is 11.3 Å². The molecule has 0 saturated carbocycles. The number of fused-ring (bicyclic) bond motifs is 1. The van der Waals surface area contributed by atoms with E-state index in [9.17, 15) is 14.0 Å². The van der Waals surface area contributed by atoms with Crippen molar-refractivity contribution in [1.29, 1.82) is 0 Å². The van der Waals surface area contributed by atoms with Gasteiger partial charge in [-0.25, -0.2) is 9.38 Å². The van der Waals surface area contributed by atoms with Gasteiger partial charge in [-0.1, -0.05) is 72.0 Å². The van der Waals surface area contributed by atoms with Crippen LogP contribution in [0.2, 0.25) is 0 Å². The zero-order chi connectivity index (χ0) is 30.6. The number of nitrogens with zero attached hydrogens (tertiary/aromatic N) is 2. The molecular formula is C35H28FN3O4S. The minimum atomic E-state index is -0.715. The number of amides is 1. The van der Waals surface area contributed by atoms with Crippen molar-refractivity contribution in [1.82, 2.24) is 4.57 Å². The first-order valence-electron chi connectivity index (χ1n) is 13.9. The van der Waals surface area contributed by atoms with Crippen LogP contribution in [0.1, 0.15) is 29.7 Å². The third-order valence-corrected chi connectivity index (χ3v) is 8.23. The number of aromatic nitrogens is 1. The van der Waals surface area contributed by atoms with E-state index in [1.807, 2.05) is 66.7 Å². The van der Waals surface area contributed by atoms with E-state index in [4.69, 9.17) is 14.5 Å². The normalized spacial score (nSPS) is 14.5. The zero-order valence-electron chi connectivity index (χ0n) is 24.0. The summed E-state index contributed by atoms with van der Waals surface area (Å²) in [5.41, 5.74) is 3.53.